The van der Waals surface area contributed by atoms with Crippen LogP contribution in [-0.2, 0) is 90.1 Å². The standard InChI is InChI=1S/C58H98N2O46/c1-12(68)59-23-32(77)44(19(8-66)92-50(23)89)101-51-24(60-13(2)69)33(78)45(20(9-67)98-51)102-55-43(88)46(103-57-49(39(84)29(74)17(6-64)96-57)106-58-48(38(83)28(73)18(7-65)97-58)105-54-42(87)35(80)26(71)15(4-62)94-54)31(76)22(100-55)11-90-52-40(85)36(81)30(75)21(99-52)10-91-56-47(37(82)27(72)16(5-63)95-56)104-53-41(86)34(79)25(70)14(3-61)93-53/h14-58,61-67,70-89H,3-11H2,1-2H3,(H,59,68)(H,60,69)/t14-,15-,16-,17-,18-,19-,20-,21-,22-,23-,24-,25-,26-,27-,28-,29-,30-,31-,32-,33-,34+,35+,36+,37+,38-,39+,40+,41+,42+,43+,44-,45-,46+,47+,48+,49+,50-,51+,52+,53-,54-,55-,56+,57-,58-/m1/s1. The molecule has 9 aliphatic rings. The van der Waals surface area contributed by atoms with Gasteiger partial charge in [0.25, 0.3) is 0 Å². The van der Waals surface area contributed by atoms with Crippen molar-refractivity contribution in [3.05, 3.63) is 0 Å². The number of carbonyl (C=O) groups is 2. The highest BCUT2D eigenvalue weighted by molar-refractivity contribution is 5.73. The van der Waals surface area contributed by atoms with Crippen molar-refractivity contribution >= 4 is 11.8 Å². The third-order valence-corrected chi connectivity index (χ3v) is 19.5. The molecule has 9 saturated heterocycles. The summed E-state index contributed by atoms with van der Waals surface area (Å²) < 4.78 is 98.7. The van der Waals surface area contributed by atoms with Crippen LogP contribution in [0.5, 0.6) is 0 Å². The van der Waals surface area contributed by atoms with Crippen LogP contribution in [0.3, 0.4) is 0 Å². The maximum absolute atomic E-state index is 12.9. The Kier molecular flexibility index (Phi) is 31.1. The Bertz CT molecular complexity index is 2710. The highest BCUT2D eigenvalue weighted by Crippen LogP contribution is 2.39. The normalized spacial score (nSPS) is 51.2. The summed E-state index contributed by atoms with van der Waals surface area (Å²) in [6, 6.07) is -3.54. The lowest BCUT2D eigenvalue weighted by atomic mass is 9.94. The Morgan fingerprint density at radius 1 is 0.245 bits per heavy atom. The predicted octanol–water partition coefficient (Wildman–Crippen LogP) is -20.3. The molecule has 45 atom stereocenters. The second kappa shape index (κ2) is 37.9. The molecule has 616 valence electrons. The number of carbonyl (C=O) groups excluding carboxylic acids is 2. The van der Waals surface area contributed by atoms with Gasteiger partial charge in [-0.1, -0.05) is 0 Å². The number of hydrogen-bond acceptors (Lipinski definition) is 46. The van der Waals surface area contributed by atoms with Gasteiger partial charge in [-0.25, -0.2) is 0 Å². The number of aliphatic hydroxyl groups is 27. The highest BCUT2D eigenvalue weighted by atomic mass is 16.8. The summed E-state index contributed by atoms with van der Waals surface area (Å²) in [5.41, 5.74) is 0. The van der Waals surface area contributed by atoms with Crippen molar-refractivity contribution in [3.63, 3.8) is 0 Å². The Morgan fingerprint density at radius 3 is 0.953 bits per heavy atom. The lowest BCUT2D eigenvalue weighted by molar-refractivity contribution is -0.407. The minimum atomic E-state index is -2.55. The molecule has 0 aromatic rings. The summed E-state index contributed by atoms with van der Waals surface area (Å²) in [5.74, 6) is -1.72. The second-order valence-electron chi connectivity index (χ2n) is 26.7. The van der Waals surface area contributed by atoms with Gasteiger partial charge in [0.2, 0.25) is 11.8 Å². The van der Waals surface area contributed by atoms with Gasteiger partial charge in [0.05, 0.1) is 59.5 Å². The molecular weight excluding hydrogens is 1460 g/mol. The van der Waals surface area contributed by atoms with Crippen LogP contribution in [-0.4, -0.2) is 485 Å². The molecule has 0 aliphatic carbocycles. The molecule has 48 heteroatoms. The molecule has 0 bridgehead atoms. The largest absolute Gasteiger partial charge is 0.394 e. The molecule has 9 aliphatic heterocycles. The quantitative estimate of drug-likeness (QED) is 0.0363. The van der Waals surface area contributed by atoms with E-state index in [1.807, 2.05) is 0 Å². The smallest absolute Gasteiger partial charge is 0.217 e. The minimum Gasteiger partial charge on any atom is -0.394 e. The second-order valence-corrected chi connectivity index (χ2v) is 26.7. The van der Waals surface area contributed by atoms with Crippen LogP contribution in [0, 0.1) is 0 Å². The van der Waals surface area contributed by atoms with Gasteiger partial charge in [-0.2, -0.15) is 0 Å². The summed E-state index contributed by atoms with van der Waals surface area (Å²) in [7, 11) is 0. The average Bonchev–Trinajstić information content (AvgIpc) is 0.771. The molecule has 0 saturated carbocycles. The zero-order valence-electron chi connectivity index (χ0n) is 56.2. The molecule has 48 nitrogen and oxygen atoms in total. The molecule has 9 rings (SSSR count). The fourth-order valence-electron chi connectivity index (χ4n) is 13.5. The lowest BCUT2D eigenvalue weighted by Gasteiger charge is -2.51. The van der Waals surface area contributed by atoms with Gasteiger partial charge >= 0.3 is 0 Å². The fraction of sp³-hybridized carbons (Fsp3) is 0.966. The van der Waals surface area contributed by atoms with Gasteiger partial charge < -0.3 is 229 Å². The van der Waals surface area contributed by atoms with E-state index in [2.05, 4.69) is 10.6 Å². The van der Waals surface area contributed by atoms with E-state index in [1.165, 1.54) is 0 Å². The van der Waals surface area contributed by atoms with Crippen LogP contribution < -0.4 is 10.6 Å². The van der Waals surface area contributed by atoms with Crippen molar-refractivity contribution in [2.24, 2.45) is 0 Å². The van der Waals surface area contributed by atoms with Crippen LogP contribution >= 0.6 is 0 Å². The predicted molar refractivity (Wildman–Crippen MR) is 320 cm³/mol. The molecule has 9 fully saturated rings. The van der Waals surface area contributed by atoms with Crippen LogP contribution in [0.25, 0.3) is 0 Å². The summed E-state index contributed by atoms with van der Waals surface area (Å²) in [5, 5.41) is 300. The number of hydrogen-bond donors (Lipinski definition) is 29. The Hall–Kier alpha value is -2.82. The van der Waals surface area contributed by atoms with Gasteiger partial charge in [0, 0.05) is 13.8 Å². The maximum atomic E-state index is 12.9. The molecule has 0 aromatic carbocycles. The zero-order valence-corrected chi connectivity index (χ0v) is 56.2. The SMILES string of the molecule is CC(=O)N[C@@H]1[C@@H](O)[C@H](O[C@@H]2O[C@H](CO)[C@@H](O[C@H]3O[C@H](CO[C@H]4O[C@H](CO[C@H]5O[C@H](CO)[C@@H](O)[C@H](O)[C@@H]5O[C@H]5O[C@H](CO)[C@@H](O)[C@H](O)[C@@H]5O)[C@@H](O)[C@H](O)[C@@H]4O)[C@@H](O)[C@H](O[C@H]4O[C@H](CO)[C@@H](O)[C@H](O)[C@@H]4O[C@H]4O[C@H](CO)[C@@H](O)[C@@H](O)[C@@H]4O[C@H]4O[C@H](CO)[C@@H](O)[C@H](O)[C@@H]4O)[C@@H]3O)[C@H](O)[C@H]2NC(C)=O)[C@@H](CO)O[C@H]1O. The number of rotatable bonds is 27. The number of ether oxygens (including phenoxy) is 17. The van der Waals surface area contributed by atoms with Gasteiger partial charge in [0.1, 0.15) is 220 Å². The molecule has 0 unspecified atom stereocenters. The maximum Gasteiger partial charge on any atom is 0.217 e. The highest BCUT2D eigenvalue weighted by Gasteiger charge is 2.60. The van der Waals surface area contributed by atoms with Crippen molar-refractivity contribution in [3.8, 4) is 0 Å². The van der Waals surface area contributed by atoms with Crippen LogP contribution in [0.1, 0.15) is 13.8 Å². The topological polar surface area (TPSA) is 761 Å². The average molecular weight is 1560 g/mol. The fourth-order valence-corrected chi connectivity index (χ4v) is 13.5. The first-order chi connectivity index (χ1) is 50.2. The molecule has 9 heterocycles. The summed E-state index contributed by atoms with van der Waals surface area (Å²) in [6.07, 6.45) is -89.8. The lowest BCUT2D eigenvalue weighted by Crippen LogP contribution is -2.70. The first kappa shape index (κ1) is 87.2. The third-order valence-electron chi connectivity index (χ3n) is 19.5. The number of nitrogens with one attached hydrogen (secondary N) is 2. The number of amides is 2. The third kappa shape index (κ3) is 18.7. The van der Waals surface area contributed by atoms with Gasteiger partial charge in [-0.15, -0.1) is 0 Å². The van der Waals surface area contributed by atoms with Crippen molar-refractivity contribution in [1.29, 1.82) is 0 Å². The summed E-state index contributed by atoms with van der Waals surface area (Å²) in [4.78, 5) is 25.0. The van der Waals surface area contributed by atoms with E-state index in [0.29, 0.717) is 0 Å². The van der Waals surface area contributed by atoms with Crippen molar-refractivity contribution in [2.45, 2.75) is 290 Å². The van der Waals surface area contributed by atoms with Crippen molar-refractivity contribution in [2.75, 3.05) is 59.5 Å². The molecule has 29 N–H and O–H groups in total. The first-order valence-electron chi connectivity index (χ1n) is 33.7. The Balaban J connectivity index is 1.01. The van der Waals surface area contributed by atoms with Crippen LogP contribution in [0.15, 0.2) is 0 Å². The molecule has 0 radical (unpaired) electrons. The molecule has 106 heavy (non-hydrogen) atoms. The van der Waals surface area contributed by atoms with E-state index in [4.69, 9.17) is 80.5 Å². The molecule has 0 aromatic heterocycles. The van der Waals surface area contributed by atoms with E-state index >= 15 is 0 Å². The van der Waals surface area contributed by atoms with Gasteiger partial charge in [-0.3, -0.25) is 9.59 Å². The summed E-state index contributed by atoms with van der Waals surface area (Å²) >= 11 is 0. The Morgan fingerprint density at radius 2 is 0.519 bits per heavy atom. The van der Waals surface area contributed by atoms with E-state index in [0.717, 1.165) is 13.8 Å². The van der Waals surface area contributed by atoms with E-state index in [1.54, 1.807) is 0 Å². The van der Waals surface area contributed by atoms with Gasteiger partial charge in [-0.05, 0) is 0 Å². The molecule has 0 spiro atoms. The monoisotopic (exact) mass is 1560 g/mol. The van der Waals surface area contributed by atoms with E-state index in [9.17, 15) is 147 Å². The van der Waals surface area contributed by atoms with Crippen molar-refractivity contribution in [1.82, 2.24) is 10.6 Å². The molecule has 2 amide bonds. The van der Waals surface area contributed by atoms with E-state index in [-0.39, 0.29) is 0 Å². The molecular formula is C58H98N2O46. The zero-order chi connectivity index (χ0) is 77.9. The Labute approximate surface area is 598 Å². The van der Waals surface area contributed by atoms with Crippen molar-refractivity contribution < 1.29 is 228 Å². The minimum absolute atomic E-state index is 0.782. The van der Waals surface area contributed by atoms with Crippen LogP contribution in [0.2, 0.25) is 0 Å². The number of aliphatic hydroxyl groups excluding tert-OH is 27. The van der Waals surface area contributed by atoms with E-state index < -0.39 is 348 Å². The van der Waals surface area contributed by atoms with Gasteiger partial charge in [0.15, 0.2) is 56.6 Å². The first-order valence-corrected chi connectivity index (χ1v) is 33.7. The summed E-state index contributed by atoms with van der Waals surface area (Å²) in [6.45, 7) is -7.60. The van der Waals surface area contributed by atoms with Crippen LogP contribution in [0.4, 0.5) is 0 Å².